The van der Waals surface area contributed by atoms with Gasteiger partial charge >= 0.3 is 0 Å². The minimum Gasteiger partial charge on any atom is -0.378 e. The van der Waals surface area contributed by atoms with E-state index in [1.807, 2.05) is 6.07 Å². The molecule has 31 heavy (non-hydrogen) atoms. The number of rotatable bonds is 10. The molecule has 2 amide bonds. The van der Waals surface area contributed by atoms with Gasteiger partial charge in [0, 0.05) is 30.6 Å². The number of ether oxygens (including phenoxy) is 2. The molecule has 0 radical (unpaired) electrons. The summed E-state index contributed by atoms with van der Waals surface area (Å²) in [5, 5.41) is 6.26. The van der Waals surface area contributed by atoms with Crippen LogP contribution in [0.3, 0.4) is 0 Å². The molecular weight excluding hydrogens is 463 g/mol. The highest BCUT2D eigenvalue weighted by Crippen LogP contribution is 2.31. The first kappa shape index (κ1) is 23.9. The van der Waals surface area contributed by atoms with Gasteiger partial charge in [0.05, 0.1) is 35.8 Å². The lowest BCUT2D eigenvalue weighted by molar-refractivity contribution is -0.135. The molecule has 1 fully saturated rings. The van der Waals surface area contributed by atoms with E-state index in [1.54, 1.807) is 22.4 Å². The number of nitrogens with two attached hydrogens (primary N) is 1. The van der Waals surface area contributed by atoms with Crippen LogP contribution in [0.5, 0.6) is 0 Å². The number of aromatic nitrogens is 1. The molecule has 2 aromatic rings. The van der Waals surface area contributed by atoms with E-state index < -0.39 is 0 Å². The lowest BCUT2D eigenvalue weighted by atomic mass is 10.1. The van der Waals surface area contributed by atoms with Gasteiger partial charge in [-0.3, -0.25) is 9.59 Å². The fourth-order valence-electron chi connectivity index (χ4n) is 3.08. The van der Waals surface area contributed by atoms with E-state index in [2.05, 4.69) is 10.3 Å². The van der Waals surface area contributed by atoms with Crippen molar-refractivity contribution in [3.8, 4) is 10.6 Å². The normalized spacial score (nSPS) is 16.0. The zero-order chi connectivity index (χ0) is 22.2. The molecule has 1 aromatic carbocycles. The predicted octanol–water partition coefficient (Wildman–Crippen LogP) is 2.90. The molecule has 0 saturated carbocycles. The second kappa shape index (κ2) is 11.8. The van der Waals surface area contributed by atoms with Gasteiger partial charge in [0.25, 0.3) is 0 Å². The number of nitrogens with one attached hydrogen (secondary N) is 1. The Morgan fingerprint density at radius 1 is 1.23 bits per heavy atom. The summed E-state index contributed by atoms with van der Waals surface area (Å²) >= 11 is 13.4. The molecule has 0 spiro atoms. The molecule has 1 aliphatic rings. The van der Waals surface area contributed by atoms with E-state index in [4.69, 9.17) is 38.4 Å². The number of thiazole rings is 1. The molecular formula is C20H24Cl2N4O4S. The zero-order valence-corrected chi connectivity index (χ0v) is 19.1. The first-order chi connectivity index (χ1) is 15.0. The molecule has 2 heterocycles. The Labute approximate surface area is 194 Å². The molecule has 168 valence electrons. The summed E-state index contributed by atoms with van der Waals surface area (Å²) in [6.07, 6.45) is 0.598. The Morgan fingerprint density at radius 3 is 2.81 bits per heavy atom. The topological polar surface area (TPSA) is 107 Å². The number of nitrogens with zero attached hydrogens (tertiary/aromatic N) is 2. The third-order valence-corrected chi connectivity index (χ3v) is 6.32. The van der Waals surface area contributed by atoms with Crippen molar-refractivity contribution in [3.63, 3.8) is 0 Å². The summed E-state index contributed by atoms with van der Waals surface area (Å²) in [7, 11) is 0. The molecule has 3 rings (SSSR count). The maximum absolute atomic E-state index is 12.6. The van der Waals surface area contributed by atoms with Crippen molar-refractivity contribution in [2.45, 2.75) is 6.42 Å². The Bertz CT molecular complexity index is 911. The van der Waals surface area contributed by atoms with Crippen LogP contribution in [0.4, 0.5) is 5.82 Å². The van der Waals surface area contributed by atoms with E-state index in [9.17, 15) is 9.59 Å². The Morgan fingerprint density at radius 2 is 2.03 bits per heavy atom. The largest absolute Gasteiger partial charge is 0.378 e. The average molecular weight is 487 g/mol. The summed E-state index contributed by atoms with van der Waals surface area (Å²) in [5.74, 6) is -0.101. The summed E-state index contributed by atoms with van der Waals surface area (Å²) < 4.78 is 10.5. The third-order valence-electron chi connectivity index (χ3n) is 4.69. The van der Waals surface area contributed by atoms with Crippen molar-refractivity contribution < 1.29 is 19.1 Å². The van der Waals surface area contributed by atoms with Crippen molar-refractivity contribution in [3.05, 3.63) is 33.6 Å². The minimum absolute atomic E-state index is 0.0284. The quantitative estimate of drug-likeness (QED) is 0.500. The van der Waals surface area contributed by atoms with Crippen LogP contribution in [0, 0.1) is 5.92 Å². The molecule has 3 N–H and O–H groups in total. The van der Waals surface area contributed by atoms with E-state index >= 15 is 0 Å². The highest BCUT2D eigenvalue weighted by Gasteiger charge is 2.31. The van der Waals surface area contributed by atoms with Crippen molar-refractivity contribution in [2.75, 3.05) is 51.4 Å². The molecule has 8 nitrogen and oxygen atoms in total. The van der Waals surface area contributed by atoms with Crippen LogP contribution in [0.25, 0.3) is 10.6 Å². The van der Waals surface area contributed by atoms with Crippen LogP contribution in [0.2, 0.25) is 10.0 Å². The Hall–Kier alpha value is -1.75. The number of hydrogen-bond acceptors (Lipinski definition) is 7. The number of carbonyl (C=O) groups is 2. The van der Waals surface area contributed by atoms with Crippen LogP contribution in [0.1, 0.15) is 6.42 Å². The number of likely N-dealkylation sites (tertiary alicyclic amines) is 1. The van der Waals surface area contributed by atoms with Crippen LogP contribution in [-0.2, 0) is 19.1 Å². The third kappa shape index (κ3) is 6.86. The molecule has 1 aromatic heterocycles. The second-order valence-electron chi connectivity index (χ2n) is 6.94. The molecule has 1 atom stereocenters. The number of anilines is 1. The first-order valence-corrected chi connectivity index (χ1v) is 11.5. The summed E-state index contributed by atoms with van der Waals surface area (Å²) in [6.45, 7) is 2.50. The highest BCUT2D eigenvalue weighted by atomic mass is 35.5. The van der Waals surface area contributed by atoms with E-state index in [0.29, 0.717) is 61.7 Å². The van der Waals surface area contributed by atoms with Crippen molar-refractivity contribution in [2.24, 2.45) is 11.7 Å². The lowest BCUT2D eigenvalue weighted by Crippen LogP contribution is -2.34. The predicted molar refractivity (Wildman–Crippen MR) is 122 cm³/mol. The molecule has 1 saturated heterocycles. The smallest absolute Gasteiger partial charge is 0.248 e. The summed E-state index contributed by atoms with van der Waals surface area (Å²) in [4.78, 5) is 31.0. The number of carbonyl (C=O) groups excluding carboxylic acids is 2. The van der Waals surface area contributed by atoms with Gasteiger partial charge in [-0.1, -0.05) is 29.3 Å². The van der Waals surface area contributed by atoms with E-state index in [1.165, 1.54) is 11.3 Å². The molecule has 11 heteroatoms. The Kier molecular flexibility index (Phi) is 9.06. The highest BCUT2D eigenvalue weighted by molar-refractivity contribution is 7.13. The molecule has 1 aliphatic heterocycles. The van der Waals surface area contributed by atoms with Gasteiger partial charge in [-0.15, -0.1) is 11.3 Å². The molecule has 0 aliphatic carbocycles. The number of benzene rings is 1. The van der Waals surface area contributed by atoms with Gasteiger partial charge in [0.2, 0.25) is 11.8 Å². The van der Waals surface area contributed by atoms with Gasteiger partial charge in [-0.25, -0.2) is 4.98 Å². The number of amides is 2. The van der Waals surface area contributed by atoms with Gasteiger partial charge in [-0.2, -0.15) is 0 Å². The minimum atomic E-state index is -0.285. The van der Waals surface area contributed by atoms with Crippen molar-refractivity contribution in [1.82, 2.24) is 9.88 Å². The SMILES string of the molecule is NCCOCCOCC(=O)N1CC[C@H](C(=O)Nc2csc(-c3ccc(Cl)c(Cl)c3)n2)C1. The number of halogens is 2. The Balaban J connectivity index is 1.45. The van der Waals surface area contributed by atoms with Gasteiger partial charge in [-0.05, 0) is 18.6 Å². The van der Waals surface area contributed by atoms with Gasteiger partial charge < -0.3 is 25.4 Å². The van der Waals surface area contributed by atoms with Crippen LogP contribution >= 0.6 is 34.5 Å². The fraction of sp³-hybridized carbons (Fsp3) is 0.450. The van der Waals surface area contributed by atoms with Crippen LogP contribution < -0.4 is 11.1 Å². The molecule has 0 bridgehead atoms. The van der Waals surface area contributed by atoms with Gasteiger partial charge in [0.1, 0.15) is 17.4 Å². The monoisotopic (exact) mass is 486 g/mol. The van der Waals surface area contributed by atoms with Crippen molar-refractivity contribution >= 4 is 52.2 Å². The maximum atomic E-state index is 12.6. The average Bonchev–Trinajstić information content (AvgIpc) is 3.42. The summed E-state index contributed by atoms with van der Waals surface area (Å²) in [5.41, 5.74) is 6.15. The van der Waals surface area contributed by atoms with Crippen molar-refractivity contribution in [1.29, 1.82) is 0 Å². The van der Waals surface area contributed by atoms with E-state index in [0.717, 1.165) is 10.6 Å². The van der Waals surface area contributed by atoms with Gasteiger partial charge in [0.15, 0.2) is 0 Å². The van der Waals surface area contributed by atoms with Crippen LogP contribution in [-0.4, -0.2) is 67.8 Å². The number of hydrogen-bond donors (Lipinski definition) is 2. The van der Waals surface area contributed by atoms with Crippen LogP contribution in [0.15, 0.2) is 23.6 Å². The van der Waals surface area contributed by atoms with E-state index in [-0.39, 0.29) is 24.3 Å². The first-order valence-electron chi connectivity index (χ1n) is 9.83. The standard InChI is InChI=1S/C20H24Cl2N4O4S/c21-15-2-1-13(9-16(15)22)20-25-17(12-31-20)24-19(28)14-3-5-26(10-14)18(27)11-30-8-7-29-6-4-23/h1-2,9,12,14H,3-8,10-11,23H2,(H,24,28)/t14-/m0/s1. The lowest BCUT2D eigenvalue weighted by Gasteiger charge is -2.16. The maximum Gasteiger partial charge on any atom is 0.248 e. The second-order valence-corrected chi connectivity index (χ2v) is 8.61. The summed E-state index contributed by atoms with van der Waals surface area (Å²) in [6, 6.07) is 5.27. The zero-order valence-electron chi connectivity index (χ0n) is 16.8. The molecule has 0 unspecified atom stereocenters. The fourth-order valence-corrected chi connectivity index (χ4v) is 4.12.